The van der Waals surface area contributed by atoms with E-state index in [2.05, 4.69) is 0 Å². The van der Waals surface area contributed by atoms with Crippen molar-refractivity contribution in [3.05, 3.63) is 29.3 Å². The molecule has 2 aliphatic heterocycles. The summed E-state index contributed by atoms with van der Waals surface area (Å²) in [6, 6.07) is 5.27. The summed E-state index contributed by atoms with van der Waals surface area (Å²) in [6.07, 6.45) is 3.61. The summed E-state index contributed by atoms with van der Waals surface area (Å²) in [5, 5.41) is 0. The van der Waals surface area contributed by atoms with E-state index >= 15 is 0 Å². The van der Waals surface area contributed by atoms with Crippen molar-refractivity contribution < 1.29 is 14.3 Å². The second-order valence-electron chi connectivity index (χ2n) is 5.73. The third kappa shape index (κ3) is 2.93. The zero-order valence-corrected chi connectivity index (χ0v) is 12.0. The lowest BCUT2D eigenvalue weighted by atomic mass is 9.99. The maximum absolute atomic E-state index is 12.4. The Morgan fingerprint density at radius 1 is 1.33 bits per heavy atom. The Morgan fingerprint density at radius 2 is 2.19 bits per heavy atom. The van der Waals surface area contributed by atoms with Crippen molar-refractivity contribution in [1.29, 1.82) is 0 Å². The Morgan fingerprint density at radius 3 is 3.00 bits per heavy atom. The van der Waals surface area contributed by atoms with Crippen molar-refractivity contribution in [2.75, 3.05) is 19.7 Å². The van der Waals surface area contributed by atoms with E-state index in [4.69, 9.17) is 10.5 Å². The third-order valence-corrected chi connectivity index (χ3v) is 4.30. The number of hydrogen-bond acceptors (Lipinski definition) is 4. The van der Waals surface area contributed by atoms with Crippen molar-refractivity contribution in [2.24, 2.45) is 5.73 Å². The van der Waals surface area contributed by atoms with E-state index in [1.165, 1.54) is 0 Å². The number of likely N-dealkylation sites (tertiary alicyclic amines) is 1. The Bertz CT molecular complexity index is 571. The molecule has 5 heteroatoms. The van der Waals surface area contributed by atoms with Crippen LogP contribution in [0.2, 0.25) is 0 Å². The van der Waals surface area contributed by atoms with Gasteiger partial charge in [-0.25, -0.2) is 0 Å². The van der Waals surface area contributed by atoms with Crippen LogP contribution in [0.25, 0.3) is 0 Å². The molecule has 0 aromatic heterocycles. The van der Waals surface area contributed by atoms with Gasteiger partial charge in [0.05, 0.1) is 19.2 Å². The average molecular weight is 288 g/mol. The fourth-order valence-corrected chi connectivity index (χ4v) is 3.14. The number of hydrogen-bond donors (Lipinski definition) is 1. The summed E-state index contributed by atoms with van der Waals surface area (Å²) in [7, 11) is 0. The van der Waals surface area contributed by atoms with Crippen molar-refractivity contribution in [3.8, 4) is 5.75 Å². The average Bonchev–Trinajstić information content (AvgIpc) is 2.94. The van der Waals surface area contributed by atoms with Gasteiger partial charge in [-0.1, -0.05) is 6.42 Å². The molecule has 0 aliphatic carbocycles. The number of piperidine rings is 1. The molecule has 0 radical (unpaired) electrons. The molecule has 0 saturated carbocycles. The van der Waals surface area contributed by atoms with E-state index in [9.17, 15) is 9.59 Å². The number of fused-ring (bicyclic) bond motifs is 1. The van der Waals surface area contributed by atoms with Crippen LogP contribution in [-0.4, -0.2) is 42.3 Å². The van der Waals surface area contributed by atoms with Crippen LogP contribution in [0.1, 0.15) is 35.2 Å². The van der Waals surface area contributed by atoms with Crippen LogP contribution in [0.3, 0.4) is 0 Å². The quantitative estimate of drug-likeness (QED) is 0.843. The predicted octanol–water partition coefficient (Wildman–Crippen LogP) is 1.14. The molecular weight excluding hydrogens is 268 g/mol. The minimum Gasteiger partial charge on any atom is -0.493 e. The number of carbonyl (C=O) groups excluding carboxylic acids is 2. The van der Waals surface area contributed by atoms with Gasteiger partial charge in [-0.3, -0.25) is 14.5 Å². The summed E-state index contributed by atoms with van der Waals surface area (Å²) in [4.78, 5) is 25.8. The van der Waals surface area contributed by atoms with Gasteiger partial charge >= 0.3 is 0 Å². The van der Waals surface area contributed by atoms with Gasteiger partial charge in [-0.2, -0.15) is 0 Å². The summed E-state index contributed by atoms with van der Waals surface area (Å²) >= 11 is 0. The van der Waals surface area contributed by atoms with Crippen molar-refractivity contribution in [2.45, 2.75) is 31.7 Å². The van der Waals surface area contributed by atoms with E-state index in [1.54, 1.807) is 6.07 Å². The highest BCUT2D eigenvalue weighted by Crippen LogP contribution is 2.26. The summed E-state index contributed by atoms with van der Waals surface area (Å²) in [5.41, 5.74) is 7.21. The number of benzene rings is 1. The molecular formula is C16H20N2O3. The normalized spacial score (nSPS) is 21.6. The molecule has 1 saturated heterocycles. The molecule has 1 aromatic rings. The number of amides is 1. The Kier molecular flexibility index (Phi) is 3.92. The molecule has 21 heavy (non-hydrogen) atoms. The SMILES string of the molecule is NC(=O)C1CCCCN1CC(=O)c1ccc2c(c1)CCO2. The van der Waals surface area contributed by atoms with Crippen LogP contribution < -0.4 is 10.5 Å². The molecule has 1 fully saturated rings. The summed E-state index contributed by atoms with van der Waals surface area (Å²) in [5.74, 6) is 0.585. The molecule has 1 atom stereocenters. The molecule has 0 spiro atoms. The number of primary amides is 1. The lowest BCUT2D eigenvalue weighted by Crippen LogP contribution is -2.49. The molecule has 3 rings (SSSR count). The lowest BCUT2D eigenvalue weighted by molar-refractivity contribution is -0.124. The molecule has 2 N–H and O–H groups in total. The maximum Gasteiger partial charge on any atom is 0.234 e. The molecule has 1 amide bonds. The lowest BCUT2D eigenvalue weighted by Gasteiger charge is -2.32. The van der Waals surface area contributed by atoms with Crippen LogP contribution >= 0.6 is 0 Å². The van der Waals surface area contributed by atoms with Gasteiger partial charge in [0.25, 0.3) is 0 Å². The first-order valence-corrected chi connectivity index (χ1v) is 7.47. The first-order chi connectivity index (χ1) is 10.1. The first kappa shape index (κ1) is 14.1. The molecule has 2 heterocycles. The number of carbonyl (C=O) groups is 2. The minimum atomic E-state index is -0.329. The molecule has 112 valence electrons. The monoisotopic (exact) mass is 288 g/mol. The van der Waals surface area contributed by atoms with E-state index in [0.29, 0.717) is 12.2 Å². The van der Waals surface area contributed by atoms with E-state index in [0.717, 1.165) is 43.5 Å². The Labute approximate surface area is 124 Å². The fraction of sp³-hybridized carbons (Fsp3) is 0.500. The van der Waals surface area contributed by atoms with Crippen LogP contribution in [0.15, 0.2) is 18.2 Å². The second kappa shape index (κ2) is 5.85. The molecule has 1 aromatic carbocycles. The maximum atomic E-state index is 12.4. The standard InChI is InChI=1S/C16H20N2O3/c17-16(20)13-3-1-2-7-18(13)10-14(19)11-4-5-15-12(9-11)6-8-21-15/h4-5,9,13H,1-3,6-8,10H2,(H2,17,20). The van der Waals surface area contributed by atoms with Crippen molar-refractivity contribution in [3.63, 3.8) is 0 Å². The van der Waals surface area contributed by atoms with Gasteiger partial charge in [0.2, 0.25) is 5.91 Å². The van der Waals surface area contributed by atoms with Crippen LogP contribution in [0, 0.1) is 0 Å². The third-order valence-electron chi connectivity index (χ3n) is 4.30. The molecule has 2 aliphatic rings. The first-order valence-electron chi connectivity index (χ1n) is 7.47. The molecule has 1 unspecified atom stereocenters. The number of nitrogens with two attached hydrogens (primary N) is 1. The smallest absolute Gasteiger partial charge is 0.234 e. The largest absolute Gasteiger partial charge is 0.493 e. The van der Waals surface area contributed by atoms with E-state index in [-0.39, 0.29) is 24.3 Å². The number of Topliss-reactive ketones (excluding diaryl/α,β-unsaturated/α-hetero) is 1. The van der Waals surface area contributed by atoms with Gasteiger partial charge in [-0.05, 0) is 43.1 Å². The highest BCUT2D eigenvalue weighted by molar-refractivity contribution is 5.98. The van der Waals surface area contributed by atoms with Gasteiger partial charge in [0, 0.05) is 12.0 Å². The number of rotatable bonds is 4. The highest BCUT2D eigenvalue weighted by atomic mass is 16.5. The molecule has 5 nitrogen and oxygen atoms in total. The predicted molar refractivity (Wildman–Crippen MR) is 78.4 cm³/mol. The van der Waals surface area contributed by atoms with Crippen molar-refractivity contribution >= 4 is 11.7 Å². The number of ether oxygens (including phenoxy) is 1. The van der Waals surface area contributed by atoms with Gasteiger partial charge in [0.15, 0.2) is 5.78 Å². The zero-order valence-electron chi connectivity index (χ0n) is 12.0. The Hall–Kier alpha value is -1.88. The van der Waals surface area contributed by atoms with Crippen LogP contribution in [-0.2, 0) is 11.2 Å². The van der Waals surface area contributed by atoms with Crippen molar-refractivity contribution in [1.82, 2.24) is 4.90 Å². The van der Waals surface area contributed by atoms with E-state index in [1.807, 2.05) is 17.0 Å². The summed E-state index contributed by atoms with van der Waals surface area (Å²) < 4.78 is 5.45. The molecule has 0 bridgehead atoms. The number of ketones is 1. The van der Waals surface area contributed by atoms with Crippen LogP contribution in [0.4, 0.5) is 0 Å². The Balaban J connectivity index is 1.72. The summed E-state index contributed by atoms with van der Waals surface area (Å²) in [6.45, 7) is 1.70. The van der Waals surface area contributed by atoms with Gasteiger partial charge in [-0.15, -0.1) is 0 Å². The highest BCUT2D eigenvalue weighted by Gasteiger charge is 2.28. The van der Waals surface area contributed by atoms with E-state index < -0.39 is 0 Å². The van der Waals surface area contributed by atoms with Gasteiger partial charge in [0.1, 0.15) is 5.75 Å². The second-order valence-corrected chi connectivity index (χ2v) is 5.73. The van der Waals surface area contributed by atoms with Crippen LogP contribution in [0.5, 0.6) is 5.75 Å². The minimum absolute atomic E-state index is 0.0397. The number of nitrogens with zero attached hydrogens (tertiary/aromatic N) is 1. The zero-order chi connectivity index (χ0) is 14.8. The topological polar surface area (TPSA) is 72.6 Å². The van der Waals surface area contributed by atoms with Gasteiger partial charge < -0.3 is 10.5 Å². The fourth-order valence-electron chi connectivity index (χ4n) is 3.14.